The van der Waals surface area contributed by atoms with Crippen LogP contribution in [0.25, 0.3) is 0 Å². The second kappa shape index (κ2) is 8.50. The van der Waals surface area contributed by atoms with Crippen molar-refractivity contribution in [2.75, 3.05) is 0 Å². The Labute approximate surface area is 104 Å². The summed E-state index contributed by atoms with van der Waals surface area (Å²) < 4.78 is 0. The number of allylic oxidation sites excluding steroid dienone is 4. The van der Waals surface area contributed by atoms with E-state index in [0.717, 1.165) is 6.42 Å². The van der Waals surface area contributed by atoms with Crippen molar-refractivity contribution in [2.24, 2.45) is 0 Å². The molecule has 0 unspecified atom stereocenters. The predicted octanol–water partition coefficient (Wildman–Crippen LogP) is 4.42. The van der Waals surface area contributed by atoms with Crippen LogP contribution in [0.3, 0.4) is 0 Å². The fraction of sp³-hybridized carbons (Fsp3) is 0.692. The van der Waals surface area contributed by atoms with Gasteiger partial charge in [0, 0.05) is 21.7 Å². The van der Waals surface area contributed by atoms with Gasteiger partial charge in [-0.1, -0.05) is 46.0 Å². The molecule has 1 aliphatic rings. The van der Waals surface area contributed by atoms with Crippen LogP contribution < -0.4 is 0 Å². The van der Waals surface area contributed by atoms with Gasteiger partial charge in [-0.2, -0.15) is 5.57 Å². The number of hydrogen-bond donors (Lipinski definition) is 0. The van der Waals surface area contributed by atoms with Crippen molar-refractivity contribution >= 4 is 0 Å². The molecule has 0 aromatic heterocycles. The summed E-state index contributed by atoms with van der Waals surface area (Å²) in [6, 6.07) is 0. The van der Waals surface area contributed by atoms with Gasteiger partial charge in [0.2, 0.25) is 0 Å². The summed E-state index contributed by atoms with van der Waals surface area (Å²) in [6.07, 6.45) is 14.8. The van der Waals surface area contributed by atoms with E-state index < -0.39 is 0 Å². The van der Waals surface area contributed by atoms with Crippen molar-refractivity contribution in [3.8, 4) is 0 Å². The molecule has 0 N–H and O–H groups in total. The first-order valence-electron chi connectivity index (χ1n) is 5.66. The number of rotatable bonds is 6. The van der Waals surface area contributed by atoms with Gasteiger partial charge < -0.3 is 0 Å². The molecule has 0 saturated heterocycles. The Kier molecular flexibility index (Phi) is 8.62. The van der Waals surface area contributed by atoms with Crippen molar-refractivity contribution < 1.29 is 21.7 Å². The Morgan fingerprint density at radius 2 is 1.79 bits per heavy atom. The van der Waals surface area contributed by atoms with E-state index >= 15 is 0 Å². The maximum atomic E-state index is 3.47. The van der Waals surface area contributed by atoms with Crippen molar-refractivity contribution in [1.29, 1.82) is 0 Å². The molecule has 0 radical (unpaired) electrons. The smallest absolute Gasteiger partial charge is 0 e. The molecule has 1 aliphatic carbocycles. The molecule has 14 heavy (non-hydrogen) atoms. The molecule has 0 aromatic carbocycles. The Morgan fingerprint density at radius 3 is 2.43 bits per heavy atom. The summed E-state index contributed by atoms with van der Waals surface area (Å²) in [4.78, 5) is 0. The molecule has 0 bridgehead atoms. The van der Waals surface area contributed by atoms with Crippen LogP contribution >= 0.6 is 0 Å². The Hall–Kier alpha value is 0.194. The third-order valence-corrected chi connectivity index (χ3v) is 2.57. The van der Waals surface area contributed by atoms with Crippen LogP contribution in [-0.2, 0) is 21.7 Å². The van der Waals surface area contributed by atoms with Gasteiger partial charge in [0.15, 0.2) is 0 Å². The summed E-state index contributed by atoms with van der Waals surface area (Å²) in [5, 5.41) is 0. The van der Waals surface area contributed by atoms with Crippen molar-refractivity contribution in [2.45, 2.75) is 58.8 Å². The first kappa shape index (κ1) is 14.2. The van der Waals surface area contributed by atoms with Crippen LogP contribution in [0.5, 0.6) is 0 Å². The molecule has 0 saturated carbocycles. The molecule has 1 rings (SSSR count). The zero-order chi connectivity index (χ0) is 9.52. The molecule has 0 spiro atoms. The summed E-state index contributed by atoms with van der Waals surface area (Å²) >= 11 is 0. The van der Waals surface area contributed by atoms with Gasteiger partial charge in [-0.15, -0.1) is 6.42 Å². The van der Waals surface area contributed by atoms with Gasteiger partial charge in [0.05, 0.1) is 0 Å². The average molecular weight is 225 g/mol. The normalized spacial score (nSPS) is 14.7. The topological polar surface area (TPSA) is 0 Å². The minimum atomic E-state index is 0. The summed E-state index contributed by atoms with van der Waals surface area (Å²) in [5.41, 5.74) is 3.07. The fourth-order valence-electron chi connectivity index (χ4n) is 1.67. The maximum Gasteiger partial charge on any atom is 0 e. The molecular weight excluding hydrogens is 204 g/mol. The van der Waals surface area contributed by atoms with Crippen LogP contribution in [-0.4, -0.2) is 0 Å². The fourth-order valence-corrected chi connectivity index (χ4v) is 1.67. The Balaban J connectivity index is 0.00000169. The van der Waals surface area contributed by atoms with E-state index in [4.69, 9.17) is 0 Å². The first-order chi connectivity index (χ1) is 6.36. The average Bonchev–Trinajstić information content (AvgIpc) is 2.59. The molecular formula is C13H21Ti-. The van der Waals surface area contributed by atoms with Crippen LogP contribution in [0.4, 0.5) is 0 Å². The minimum absolute atomic E-state index is 0. The van der Waals surface area contributed by atoms with Crippen molar-refractivity contribution in [1.82, 2.24) is 0 Å². The van der Waals surface area contributed by atoms with E-state index in [9.17, 15) is 0 Å². The molecule has 0 aliphatic heterocycles. The third kappa shape index (κ3) is 5.17. The van der Waals surface area contributed by atoms with Crippen LogP contribution in [0.2, 0.25) is 0 Å². The van der Waals surface area contributed by atoms with Gasteiger partial charge in [0.1, 0.15) is 0 Å². The van der Waals surface area contributed by atoms with E-state index in [1.54, 1.807) is 5.57 Å². The van der Waals surface area contributed by atoms with Crippen LogP contribution in [0, 0.1) is 6.08 Å². The SMILES string of the molecule is CCCCC1=[C-]CC(CCCC)=C1.[Ti]. The molecule has 0 nitrogen and oxygen atoms in total. The van der Waals surface area contributed by atoms with Crippen LogP contribution in [0.1, 0.15) is 58.8 Å². The largest absolute Gasteiger partial charge is 0.269 e. The van der Waals surface area contributed by atoms with Gasteiger partial charge >= 0.3 is 0 Å². The monoisotopic (exact) mass is 225 g/mol. The van der Waals surface area contributed by atoms with E-state index in [2.05, 4.69) is 26.0 Å². The van der Waals surface area contributed by atoms with E-state index in [1.807, 2.05) is 0 Å². The van der Waals surface area contributed by atoms with Gasteiger partial charge in [0.25, 0.3) is 0 Å². The van der Waals surface area contributed by atoms with Crippen LogP contribution in [0.15, 0.2) is 17.2 Å². The molecule has 0 fully saturated rings. The zero-order valence-electron chi connectivity index (χ0n) is 9.53. The molecule has 0 heterocycles. The Bertz CT molecular complexity index is 201. The molecule has 78 valence electrons. The maximum absolute atomic E-state index is 3.47. The zero-order valence-corrected chi connectivity index (χ0v) is 11.1. The van der Waals surface area contributed by atoms with Crippen molar-refractivity contribution in [3.63, 3.8) is 0 Å². The summed E-state index contributed by atoms with van der Waals surface area (Å²) in [7, 11) is 0. The first-order valence-corrected chi connectivity index (χ1v) is 5.66. The standard InChI is InChI=1S/C13H21.Ti/c1-3-5-7-12-9-10-13(11-12)8-6-4-2;/h11H,3-9H2,1-2H3;/q-1;. The molecule has 0 amide bonds. The summed E-state index contributed by atoms with van der Waals surface area (Å²) in [5.74, 6) is 0. The summed E-state index contributed by atoms with van der Waals surface area (Å²) in [6.45, 7) is 4.50. The van der Waals surface area contributed by atoms with Crippen molar-refractivity contribution in [3.05, 3.63) is 23.3 Å². The Morgan fingerprint density at radius 1 is 1.14 bits per heavy atom. The van der Waals surface area contributed by atoms with Gasteiger partial charge in [-0.3, -0.25) is 6.08 Å². The molecule has 0 aromatic rings. The predicted molar refractivity (Wildman–Crippen MR) is 58.5 cm³/mol. The number of hydrogen-bond acceptors (Lipinski definition) is 0. The number of unbranched alkanes of at least 4 members (excludes halogenated alkanes) is 2. The second-order valence-electron chi connectivity index (χ2n) is 3.89. The molecule has 0 atom stereocenters. The second-order valence-corrected chi connectivity index (χ2v) is 3.89. The minimum Gasteiger partial charge on any atom is -0.269 e. The van der Waals surface area contributed by atoms with Gasteiger partial charge in [-0.25, -0.2) is 11.6 Å². The van der Waals surface area contributed by atoms with E-state index in [0.29, 0.717) is 0 Å². The molecule has 1 heteroatoms. The third-order valence-electron chi connectivity index (χ3n) is 2.57. The quantitative estimate of drug-likeness (QED) is 0.463. The van der Waals surface area contributed by atoms with Gasteiger partial charge in [-0.05, 0) is 6.42 Å². The van der Waals surface area contributed by atoms with E-state index in [-0.39, 0.29) is 21.7 Å². The van der Waals surface area contributed by atoms with E-state index in [1.165, 1.54) is 44.1 Å².